The van der Waals surface area contributed by atoms with Crippen LogP contribution >= 0.6 is 11.8 Å². The largest absolute Gasteiger partial charge is 0.254 e. The zero-order chi connectivity index (χ0) is 14.6. The van der Waals surface area contributed by atoms with Crippen molar-refractivity contribution in [1.29, 1.82) is 0 Å². The number of thioether (sulfide) groups is 1. The molecule has 0 atom stereocenters. The molecule has 0 aliphatic rings. The van der Waals surface area contributed by atoms with Gasteiger partial charge in [-0.1, -0.05) is 24.8 Å². The fraction of sp³-hybridized carbons (Fsp3) is 0.375. The molecular weight excluding hydrogens is 262 g/mol. The summed E-state index contributed by atoms with van der Waals surface area (Å²) in [7, 11) is 0. The first kappa shape index (κ1) is 16.0. The maximum atomic E-state index is 13.0. The minimum atomic E-state index is -2.64. The Balaban J connectivity index is 3.10. The number of hydrogen-bond acceptors (Lipinski definition) is 1. The zero-order valence-electron chi connectivity index (χ0n) is 11.9. The maximum absolute atomic E-state index is 13.0. The predicted octanol–water partition coefficient (Wildman–Crippen LogP) is 5.64. The highest BCUT2D eigenvalue weighted by Crippen LogP contribution is 2.32. The predicted molar refractivity (Wildman–Crippen MR) is 81.1 cm³/mol. The van der Waals surface area contributed by atoms with E-state index in [0.29, 0.717) is 0 Å². The van der Waals surface area contributed by atoms with E-state index >= 15 is 0 Å². The molecule has 0 saturated heterocycles. The molecule has 1 rings (SSSR count). The lowest BCUT2D eigenvalue weighted by molar-refractivity contribution is 0.0492. The van der Waals surface area contributed by atoms with Crippen molar-refractivity contribution < 1.29 is 8.78 Å². The van der Waals surface area contributed by atoms with Gasteiger partial charge in [0, 0.05) is 11.8 Å². The van der Waals surface area contributed by atoms with Gasteiger partial charge in [-0.3, -0.25) is 0 Å². The molecule has 0 radical (unpaired) electrons. The highest BCUT2D eigenvalue weighted by atomic mass is 32.2. The van der Waals surface area contributed by atoms with Crippen molar-refractivity contribution in [2.75, 3.05) is 5.75 Å². The van der Waals surface area contributed by atoms with Crippen molar-refractivity contribution in [1.82, 2.24) is 0 Å². The number of hydrogen-bond donors (Lipinski definition) is 0. The first-order valence-corrected chi connectivity index (χ1v) is 7.14. The van der Waals surface area contributed by atoms with Gasteiger partial charge in [0.25, 0.3) is 5.92 Å². The second-order valence-electron chi connectivity index (χ2n) is 4.88. The number of alkyl halides is 2. The molecule has 0 aliphatic heterocycles. The van der Waals surface area contributed by atoms with E-state index in [-0.39, 0.29) is 5.75 Å². The first-order chi connectivity index (χ1) is 8.74. The van der Waals surface area contributed by atoms with Crippen LogP contribution in [-0.2, 0) is 0 Å². The Bertz CT molecular complexity index is 496. The molecule has 0 amide bonds. The van der Waals surface area contributed by atoms with E-state index in [2.05, 4.69) is 6.58 Å². The van der Waals surface area contributed by atoms with Crippen LogP contribution in [0.2, 0.25) is 0 Å². The van der Waals surface area contributed by atoms with Crippen molar-refractivity contribution in [2.24, 2.45) is 0 Å². The van der Waals surface area contributed by atoms with E-state index in [4.69, 9.17) is 0 Å². The summed E-state index contributed by atoms with van der Waals surface area (Å²) >= 11 is 1.21. The van der Waals surface area contributed by atoms with Gasteiger partial charge in [-0.2, -0.15) is 0 Å². The summed E-state index contributed by atoms with van der Waals surface area (Å²) in [5.74, 6) is -2.84. The molecule has 0 heterocycles. The summed E-state index contributed by atoms with van der Waals surface area (Å²) in [6, 6.07) is 4.04. The van der Waals surface area contributed by atoms with Crippen LogP contribution in [0.15, 0.2) is 35.8 Å². The van der Waals surface area contributed by atoms with Crippen LogP contribution in [0, 0.1) is 13.8 Å². The molecule has 104 valence electrons. The number of aryl methyl sites for hydroxylation is 2. The highest BCUT2D eigenvalue weighted by Gasteiger charge is 2.21. The van der Waals surface area contributed by atoms with Crippen molar-refractivity contribution >= 4 is 17.3 Å². The third-order valence-electron chi connectivity index (χ3n) is 2.80. The van der Waals surface area contributed by atoms with Crippen molar-refractivity contribution in [3.8, 4) is 0 Å². The van der Waals surface area contributed by atoms with Gasteiger partial charge in [0.05, 0.1) is 5.75 Å². The van der Waals surface area contributed by atoms with Crippen LogP contribution in [0.1, 0.15) is 30.5 Å². The molecule has 1 aromatic carbocycles. The van der Waals surface area contributed by atoms with Gasteiger partial charge in [0.2, 0.25) is 0 Å². The van der Waals surface area contributed by atoms with Crippen molar-refractivity contribution in [3.05, 3.63) is 47.6 Å². The molecule has 0 saturated carbocycles. The Morgan fingerprint density at radius 1 is 1.32 bits per heavy atom. The Morgan fingerprint density at radius 2 is 1.95 bits per heavy atom. The number of halogens is 2. The minimum absolute atomic E-state index is 0.194. The smallest absolute Gasteiger partial charge is 0.206 e. The van der Waals surface area contributed by atoms with E-state index in [1.807, 2.05) is 39.0 Å². The maximum Gasteiger partial charge on any atom is 0.254 e. The first-order valence-electron chi connectivity index (χ1n) is 6.16. The van der Waals surface area contributed by atoms with Gasteiger partial charge < -0.3 is 0 Å². The Labute approximate surface area is 118 Å². The molecule has 0 unspecified atom stereocenters. The van der Waals surface area contributed by atoms with Crippen LogP contribution in [0.5, 0.6) is 0 Å². The Kier molecular flexibility index (Phi) is 5.36. The van der Waals surface area contributed by atoms with Crippen LogP contribution in [-0.4, -0.2) is 11.7 Å². The average Bonchev–Trinajstić information content (AvgIpc) is 2.26. The van der Waals surface area contributed by atoms with E-state index in [1.165, 1.54) is 11.8 Å². The molecule has 1 aromatic rings. The zero-order valence-corrected chi connectivity index (χ0v) is 12.7. The molecule has 0 N–H and O–H groups in total. The summed E-state index contributed by atoms with van der Waals surface area (Å²) in [4.78, 5) is 0.916. The van der Waals surface area contributed by atoms with Crippen molar-refractivity contribution in [2.45, 2.75) is 38.5 Å². The second kappa shape index (κ2) is 6.38. The van der Waals surface area contributed by atoms with Crippen LogP contribution in [0.3, 0.4) is 0 Å². The summed E-state index contributed by atoms with van der Waals surface area (Å²) in [5, 5.41) is 0. The van der Waals surface area contributed by atoms with E-state index < -0.39 is 5.92 Å². The normalized spacial score (nSPS) is 12.6. The molecule has 0 bridgehead atoms. The summed E-state index contributed by atoms with van der Waals surface area (Å²) < 4.78 is 25.9. The summed E-state index contributed by atoms with van der Waals surface area (Å²) in [5.41, 5.74) is 4.38. The monoisotopic (exact) mass is 282 g/mol. The molecule has 0 aliphatic carbocycles. The van der Waals surface area contributed by atoms with E-state index in [9.17, 15) is 8.78 Å². The fourth-order valence-corrected chi connectivity index (χ4v) is 2.78. The average molecular weight is 282 g/mol. The third kappa shape index (κ3) is 4.83. The lowest BCUT2D eigenvalue weighted by Crippen LogP contribution is -2.12. The molecular formula is C16H20F2S. The SMILES string of the molecule is C=C/C=C(\C)c1cc(SCC(C)(F)F)c(C)cc1C. The molecule has 0 aromatic heterocycles. The van der Waals surface area contributed by atoms with Crippen LogP contribution in [0.4, 0.5) is 8.78 Å². The number of rotatable bonds is 5. The van der Waals surface area contributed by atoms with Gasteiger partial charge >= 0.3 is 0 Å². The molecule has 0 nitrogen and oxygen atoms in total. The standard InChI is InChI=1S/C16H20F2S/c1-6-7-11(2)14-9-15(13(4)8-12(14)3)19-10-16(5,17)18/h6-9H,1,10H2,2-5H3/b11-7+. The lowest BCUT2D eigenvalue weighted by atomic mass is 9.99. The van der Waals surface area contributed by atoms with Gasteiger partial charge in [0.1, 0.15) is 0 Å². The number of allylic oxidation sites excluding steroid dienone is 3. The number of benzene rings is 1. The quantitative estimate of drug-likeness (QED) is 0.497. The minimum Gasteiger partial charge on any atom is -0.206 e. The van der Waals surface area contributed by atoms with E-state index in [1.54, 1.807) is 6.08 Å². The molecule has 0 spiro atoms. The fourth-order valence-electron chi connectivity index (χ4n) is 1.88. The summed E-state index contributed by atoms with van der Waals surface area (Å²) in [6.07, 6.45) is 3.67. The van der Waals surface area contributed by atoms with Gasteiger partial charge in [0.15, 0.2) is 0 Å². The lowest BCUT2D eigenvalue weighted by Gasteiger charge is -2.14. The highest BCUT2D eigenvalue weighted by molar-refractivity contribution is 7.99. The second-order valence-corrected chi connectivity index (χ2v) is 5.89. The Morgan fingerprint density at radius 3 is 2.47 bits per heavy atom. The van der Waals surface area contributed by atoms with Crippen LogP contribution < -0.4 is 0 Å². The van der Waals surface area contributed by atoms with Gasteiger partial charge in [-0.15, -0.1) is 11.8 Å². The molecule has 3 heteroatoms. The third-order valence-corrected chi connectivity index (χ3v) is 4.20. The molecule has 19 heavy (non-hydrogen) atoms. The van der Waals surface area contributed by atoms with Gasteiger partial charge in [-0.25, -0.2) is 8.78 Å². The Hall–Kier alpha value is -1.09. The topological polar surface area (TPSA) is 0 Å². The van der Waals surface area contributed by atoms with Gasteiger partial charge in [-0.05, 0) is 49.1 Å². The van der Waals surface area contributed by atoms with E-state index in [0.717, 1.165) is 34.1 Å². The molecule has 0 fully saturated rings. The van der Waals surface area contributed by atoms with Crippen molar-refractivity contribution in [3.63, 3.8) is 0 Å². The summed E-state index contributed by atoms with van der Waals surface area (Å²) in [6.45, 7) is 10.6. The van der Waals surface area contributed by atoms with Crippen LogP contribution in [0.25, 0.3) is 5.57 Å².